The number of nitrogens with zero attached hydrogens (tertiary/aromatic N) is 1. The van der Waals surface area contributed by atoms with Crippen molar-refractivity contribution in [2.24, 2.45) is 5.92 Å². The van der Waals surface area contributed by atoms with Gasteiger partial charge in [0.1, 0.15) is 0 Å². The summed E-state index contributed by atoms with van der Waals surface area (Å²) in [5.74, 6) is 1.02. The summed E-state index contributed by atoms with van der Waals surface area (Å²) in [6.45, 7) is 1.96. The molecule has 3 heteroatoms. The molecule has 3 aliphatic rings. The van der Waals surface area contributed by atoms with Gasteiger partial charge in [-0.05, 0) is 61.8 Å². The van der Waals surface area contributed by atoms with E-state index >= 15 is 0 Å². The Kier molecular flexibility index (Phi) is 3.36. The molecule has 1 atom stereocenters. The summed E-state index contributed by atoms with van der Waals surface area (Å²) in [5.41, 5.74) is 3.40. The van der Waals surface area contributed by atoms with Crippen molar-refractivity contribution in [1.29, 1.82) is 0 Å². The van der Waals surface area contributed by atoms with E-state index < -0.39 is 0 Å². The second-order valence-corrected chi connectivity index (χ2v) is 6.80. The minimum absolute atomic E-state index is 0.263. The molecule has 4 rings (SSSR count). The van der Waals surface area contributed by atoms with E-state index in [0.29, 0.717) is 6.04 Å². The third-order valence-corrected chi connectivity index (χ3v) is 5.57. The van der Waals surface area contributed by atoms with E-state index in [1.807, 2.05) is 6.07 Å². The van der Waals surface area contributed by atoms with Crippen molar-refractivity contribution in [3.05, 3.63) is 29.3 Å². The third kappa shape index (κ3) is 2.33. The van der Waals surface area contributed by atoms with Gasteiger partial charge in [0.05, 0.1) is 0 Å². The highest BCUT2D eigenvalue weighted by molar-refractivity contribution is 5.95. The van der Waals surface area contributed by atoms with Crippen LogP contribution in [0.5, 0.6) is 0 Å². The molecule has 2 aliphatic heterocycles. The van der Waals surface area contributed by atoms with Gasteiger partial charge in [-0.1, -0.05) is 12.8 Å². The topological polar surface area (TPSA) is 32.3 Å². The highest BCUT2D eigenvalue weighted by Gasteiger charge is 2.36. The van der Waals surface area contributed by atoms with Gasteiger partial charge in [-0.3, -0.25) is 4.79 Å². The molecule has 2 heterocycles. The number of carbonyl (C=O) groups excluding carboxylic acids is 1. The molecule has 21 heavy (non-hydrogen) atoms. The zero-order chi connectivity index (χ0) is 14.2. The molecular weight excluding hydrogens is 260 g/mol. The Balaban J connectivity index is 1.55. The average molecular weight is 284 g/mol. The molecule has 1 saturated heterocycles. The monoisotopic (exact) mass is 284 g/mol. The zero-order valence-corrected chi connectivity index (χ0v) is 12.6. The van der Waals surface area contributed by atoms with E-state index in [4.69, 9.17) is 0 Å². The second-order valence-electron chi connectivity index (χ2n) is 6.80. The van der Waals surface area contributed by atoms with Gasteiger partial charge in [0.15, 0.2) is 0 Å². The van der Waals surface area contributed by atoms with Gasteiger partial charge in [-0.15, -0.1) is 0 Å². The van der Waals surface area contributed by atoms with Crippen LogP contribution in [0.2, 0.25) is 0 Å². The fraction of sp³-hybridized carbons (Fsp3) is 0.611. The molecule has 1 N–H and O–H groups in total. The lowest BCUT2D eigenvalue weighted by Crippen LogP contribution is -2.39. The van der Waals surface area contributed by atoms with E-state index in [0.717, 1.165) is 31.0 Å². The highest BCUT2D eigenvalue weighted by Crippen LogP contribution is 2.36. The van der Waals surface area contributed by atoms with Crippen LogP contribution >= 0.6 is 0 Å². The van der Waals surface area contributed by atoms with Crippen molar-refractivity contribution in [3.63, 3.8) is 0 Å². The standard InChI is InChI=1S/C18H24N2O/c21-18(15-7-8-16-14(12-15)9-10-19-16)20-11-3-6-17(20)13-4-1-2-5-13/h7-8,12-13,17,19H,1-6,9-11H2. The van der Waals surface area contributed by atoms with Gasteiger partial charge in [-0.25, -0.2) is 0 Å². The summed E-state index contributed by atoms with van der Waals surface area (Å²) in [4.78, 5) is 15.1. The number of likely N-dealkylation sites (tertiary alicyclic amines) is 1. The smallest absolute Gasteiger partial charge is 0.254 e. The van der Waals surface area contributed by atoms with Crippen molar-refractivity contribution < 1.29 is 4.79 Å². The number of hydrogen-bond acceptors (Lipinski definition) is 2. The first kappa shape index (κ1) is 13.2. The first-order valence-electron chi connectivity index (χ1n) is 8.51. The zero-order valence-electron chi connectivity index (χ0n) is 12.6. The Labute approximate surface area is 126 Å². The predicted molar refractivity (Wildman–Crippen MR) is 84.7 cm³/mol. The van der Waals surface area contributed by atoms with E-state index in [2.05, 4.69) is 22.3 Å². The van der Waals surface area contributed by atoms with Crippen LogP contribution in [0.4, 0.5) is 5.69 Å². The number of benzene rings is 1. The number of anilines is 1. The van der Waals surface area contributed by atoms with Crippen LogP contribution in [0, 0.1) is 5.92 Å². The molecule has 1 amide bonds. The quantitative estimate of drug-likeness (QED) is 0.902. The summed E-state index contributed by atoms with van der Waals surface area (Å²) < 4.78 is 0. The van der Waals surface area contributed by atoms with E-state index in [1.54, 1.807) is 0 Å². The summed E-state index contributed by atoms with van der Waals surface area (Å²) in [6.07, 6.45) is 8.79. The van der Waals surface area contributed by atoms with Gasteiger partial charge in [0, 0.05) is 30.4 Å². The Hall–Kier alpha value is -1.51. The molecule has 1 aromatic rings. The Morgan fingerprint density at radius 3 is 2.86 bits per heavy atom. The van der Waals surface area contributed by atoms with Crippen LogP contribution in [-0.2, 0) is 6.42 Å². The SMILES string of the molecule is O=C(c1ccc2c(c1)CCN2)N1CCCC1C1CCCC1. The molecule has 2 fully saturated rings. The van der Waals surface area contributed by atoms with Gasteiger partial charge >= 0.3 is 0 Å². The molecule has 3 nitrogen and oxygen atoms in total. The molecule has 1 saturated carbocycles. The van der Waals surface area contributed by atoms with Gasteiger partial charge < -0.3 is 10.2 Å². The molecule has 0 spiro atoms. The molecule has 1 unspecified atom stereocenters. The Morgan fingerprint density at radius 1 is 1.14 bits per heavy atom. The molecule has 0 bridgehead atoms. The number of hydrogen-bond donors (Lipinski definition) is 1. The minimum atomic E-state index is 0.263. The predicted octanol–water partition coefficient (Wildman–Crippen LogP) is 3.45. The van der Waals surface area contributed by atoms with E-state index in [-0.39, 0.29) is 5.91 Å². The third-order valence-electron chi connectivity index (χ3n) is 5.57. The average Bonchev–Trinajstić information content (AvgIpc) is 3.24. The summed E-state index contributed by atoms with van der Waals surface area (Å²) in [5, 5.41) is 3.36. The van der Waals surface area contributed by atoms with Crippen LogP contribution < -0.4 is 5.32 Å². The fourth-order valence-corrected chi connectivity index (χ4v) is 4.48. The second kappa shape index (κ2) is 5.36. The lowest BCUT2D eigenvalue weighted by Gasteiger charge is -2.29. The van der Waals surface area contributed by atoms with Crippen molar-refractivity contribution in [3.8, 4) is 0 Å². The summed E-state index contributed by atoms with van der Waals surface area (Å²) in [6, 6.07) is 6.70. The highest BCUT2D eigenvalue weighted by atomic mass is 16.2. The Morgan fingerprint density at radius 2 is 2.00 bits per heavy atom. The minimum Gasteiger partial charge on any atom is -0.384 e. The molecule has 112 valence electrons. The molecule has 0 aromatic heterocycles. The summed E-state index contributed by atoms with van der Waals surface area (Å²) >= 11 is 0. The van der Waals surface area contributed by atoms with Crippen LogP contribution in [0.3, 0.4) is 0 Å². The van der Waals surface area contributed by atoms with Gasteiger partial charge in [-0.2, -0.15) is 0 Å². The van der Waals surface area contributed by atoms with Crippen LogP contribution in [0.1, 0.15) is 54.4 Å². The van der Waals surface area contributed by atoms with Crippen molar-refractivity contribution in [1.82, 2.24) is 4.90 Å². The molecule has 0 radical (unpaired) electrons. The number of rotatable bonds is 2. The van der Waals surface area contributed by atoms with Crippen molar-refractivity contribution in [2.75, 3.05) is 18.4 Å². The van der Waals surface area contributed by atoms with Crippen molar-refractivity contribution >= 4 is 11.6 Å². The molecule has 1 aliphatic carbocycles. The maximum Gasteiger partial charge on any atom is 0.254 e. The number of carbonyl (C=O) groups is 1. The fourth-order valence-electron chi connectivity index (χ4n) is 4.48. The lowest BCUT2D eigenvalue weighted by atomic mass is 9.95. The molecule has 1 aromatic carbocycles. The number of nitrogens with one attached hydrogen (secondary N) is 1. The first-order chi connectivity index (χ1) is 10.3. The van der Waals surface area contributed by atoms with Crippen LogP contribution in [0.25, 0.3) is 0 Å². The van der Waals surface area contributed by atoms with Crippen molar-refractivity contribution in [2.45, 2.75) is 51.0 Å². The Bertz CT molecular complexity index is 548. The van der Waals surface area contributed by atoms with Crippen LogP contribution in [-0.4, -0.2) is 29.9 Å². The van der Waals surface area contributed by atoms with Crippen LogP contribution in [0.15, 0.2) is 18.2 Å². The normalized spacial score (nSPS) is 25.1. The number of amides is 1. The first-order valence-corrected chi connectivity index (χ1v) is 8.51. The molecular formula is C18H24N2O. The largest absolute Gasteiger partial charge is 0.384 e. The van der Waals surface area contributed by atoms with E-state index in [1.165, 1.54) is 49.8 Å². The lowest BCUT2D eigenvalue weighted by molar-refractivity contribution is 0.0689. The maximum absolute atomic E-state index is 12.9. The number of fused-ring (bicyclic) bond motifs is 1. The summed E-state index contributed by atoms with van der Waals surface area (Å²) in [7, 11) is 0. The maximum atomic E-state index is 12.9. The van der Waals surface area contributed by atoms with Gasteiger partial charge in [0.2, 0.25) is 0 Å². The van der Waals surface area contributed by atoms with Gasteiger partial charge in [0.25, 0.3) is 5.91 Å². The van der Waals surface area contributed by atoms with E-state index in [9.17, 15) is 4.79 Å².